The maximum Gasteiger partial charge on any atom is 0.284 e. The van der Waals surface area contributed by atoms with Crippen LogP contribution in [0.3, 0.4) is 0 Å². The normalized spacial score (nSPS) is 11.8. The molecule has 0 aromatic heterocycles. The minimum atomic E-state index is -0.476. The van der Waals surface area contributed by atoms with E-state index in [4.69, 9.17) is 11.6 Å². The first-order valence-corrected chi connectivity index (χ1v) is 8.65. The highest BCUT2D eigenvalue weighted by Gasteiger charge is 2.18. The molecule has 0 radical (unpaired) electrons. The van der Waals surface area contributed by atoms with Crippen molar-refractivity contribution in [3.63, 3.8) is 0 Å². The van der Waals surface area contributed by atoms with E-state index in [1.165, 1.54) is 17.8 Å². The van der Waals surface area contributed by atoms with E-state index >= 15 is 0 Å². The number of rotatable bonds is 5. The van der Waals surface area contributed by atoms with Gasteiger partial charge in [0.25, 0.3) is 5.69 Å². The molecule has 0 fully saturated rings. The molecule has 23 heavy (non-hydrogen) atoms. The Bertz CT molecular complexity index is 755. The van der Waals surface area contributed by atoms with Gasteiger partial charge in [0.2, 0.25) is 5.91 Å². The van der Waals surface area contributed by atoms with Crippen LogP contribution in [-0.2, 0) is 4.79 Å². The molecule has 2 aromatic carbocycles. The lowest BCUT2D eigenvalue weighted by Crippen LogP contribution is -2.20. The molecule has 120 valence electrons. The topological polar surface area (TPSA) is 72.2 Å². The van der Waals surface area contributed by atoms with Crippen molar-refractivity contribution in [1.29, 1.82) is 0 Å². The first-order chi connectivity index (χ1) is 10.9. The van der Waals surface area contributed by atoms with Crippen LogP contribution < -0.4 is 5.32 Å². The average Bonchev–Trinajstić information content (AvgIpc) is 2.50. The Morgan fingerprint density at radius 1 is 1.30 bits per heavy atom. The number of hydrogen-bond donors (Lipinski definition) is 1. The van der Waals surface area contributed by atoms with Crippen LogP contribution in [0, 0.1) is 10.1 Å². The predicted molar refractivity (Wildman–Crippen MR) is 95.7 cm³/mol. The number of nitro groups is 1. The molecule has 2 rings (SSSR count). The number of para-hydroxylation sites is 1. The molecule has 0 unspecified atom stereocenters. The summed E-state index contributed by atoms with van der Waals surface area (Å²) in [5.74, 6) is -0.191. The Morgan fingerprint density at radius 2 is 2.00 bits per heavy atom. The highest BCUT2D eigenvalue weighted by molar-refractivity contribution is 9.10. The van der Waals surface area contributed by atoms with Crippen LogP contribution in [0.15, 0.2) is 52.3 Å². The van der Waals surface area contributed by atoms with E-state index in [1.54, 1.807) is 43.3 Å². The molecule has 2 aromatic rings. The van der Waals surface area contributed by atoms with Crippen LogP contribution in [0.5, 0.6) is 0 Å². The number of nitrogens with zero attached hydrogens (tertiary/aromatic N) is 1. The van der Waals surface area contributed by atoms with Crippen LogP contribution in [0.2, 0.25) is 5.02 Å². The molecule has 8 heteroatoms. The number of benzene rings is 2. The van der Waals surface area contributed by atoms with E-state index in [0.717, 1.165) is 0 Å². The van der Waals surface area contributed by atoms with E-state index in [1.807, 2.05) is 0 Å². The van der Waals surface area contributed by atoms with Crippen LogP contribution >= 0.6 is 39.3 Å². The largest absolute Gasteiger partial charge is 0.324 e. The minimum Gasteiger partial charge on any atom is -0.324 e. The summed E-state index contributed by atoms with van der Waals surface area (Å²) < 4.78 is 0. The van der Waals surface area contributed by atoms with Crippen molar-refractivity contribution in [1.82, 2.24) is 0 Å². The third kappa shape index (κ3) is 4.70. The number of carbonyl (C=O) groups is 1. The fourth-order valence-corrected chi connectivity index (χ4v) is 3.00. The maximum absolute atomic E-state index is 11.8. The second kappa shape index (κ2) is 7.81. The summed E-state index contributed by atoms with van der Waals surface area (Å²) in [6, 6.07) is 11.6. The zero-order chi connectivity index (χ0) is 17.0. The van der Waals surface area contributed by atoms with Crippen molar-refractivity contribution in [2.75, 3.05) is 5.32 Å². The standard InChI is InChI=1S/C15H12BrClN2O3S/c1-9(16)15(20)18-11-4-2-3-5-13(11)23-14-7-6-10(17)8-12(14)19(21)22/h2-9H,1H3,(H,18,20)/t9-/m1/s1. The first kappa shape index (κ1) is 17.8. The number of hydrogen-bond acceptors (Lipinski definition) is 4. The van der Waals surface area contributed by atoms with Gasteiger partial charge in [-0.25, -0.2) is 0 Å². The van der Waals surface area contributed by atoms with E-state index in [-0.39, 0.29) is 16.4 Å². The molecule has 0 aliphatic rings. The fraction of sp³-hybridized carbons (Fsp3) is 0.133. The molecule has 0 saturated heterocycles. The van der Waals surface area contributed by atoms with Crippen molar-refractivity contribution in [2.45, 2.75) is 21.5 Å². The van der Waals surface area contributed by atoms with E-state index in [0.29, 0.717) is 20.5 Å². The highest BCUT2D eigenvalue weighted by atomic mass is 79.9. The molecule has 1 N–H and O–H groups in total. The van der Waals surface area contributed by atoms with Crippen molar-refractivity contribution in [2.24, 2.45) is 0 Å². The summed E-state index contributed by atoms with van der Waals surface area (Å²) in [4.78, 5) is 23.4. The van der Waals surface area contributed by atoms with Gasteiger partial charge in [-0.05, 0) is 31.2 Å². The number of nitrogens with one attached hydrogen (secondary N) is 1. The molecule has 1 amide bonds. The molecule has 0 aliphatic heterocycles. The fourth-order valence-electron chi connectivity index (χ4n) is 1.73. The van der Waals surface area contributed by atoms with Gasteiger partial charge in [-0.1, -0.05) is 51.4 Å². The van der Waals surface area contributed by atoms with Gasteiger partial charge in [-0.2, -0.15) is 0 Å². The maximum atomic E-state index is 11.8. The Morgan fingerprint density at radius 3 is 2.65 bits per heavy atom. The summed E-state index contributed by atoms with van der Waals surface area (Å²) in [6.07, 6.45) is 0. The summed E-state index contributed by atoms with van der Waals surface area (Å²) in [5.41, 5.74) is 0.524. The smallest absolute Gasteiger partial charge is 0.284 e. The number of nitro benzene ring substituents is 1. The van der Waals surface area contributed by atoms with Gasteiger partial charge in [-0.3, -0.25) is 14.9 Å². The monoisotopic (exact) mass is 414 g/mol. The van der Waals surface area contributed by atoms with Gasteiger partial charge < -0.3 is 5.32 Å². The average molecular weight is 416 g/mol. The number of anilines is 1. The molecule has 0 bridgehead atoms. The second-order valence-electron chi connectivity index (χ2n) is 4.57. The number of amides is 1. The third-order valence-corrected chi connectivity index (χ3v) is 4.64. The van der Waals surface area contributed by atoms with E-state index in [2.05, 4.69) is 21.2 Å². The Hall–Kier alpha value is -1.57. The van der Waals surface area contributed by atoms with Gasteiger partial charge >= 0.3 is 0 Å². The lowest BCUT2D eigenvalue weighted by Gasteiger charge is -2.12. The summed E-state index contributed by atoms with van der Waals surface area (Å²) in [5, 5.41) is 14.3. The molecule has 1 atom stereocenters. The van der Waals surface area contributed by atoms with Gasteiger partial charge in [0, 0.05) is 16.0 Å². The van der Waals surface area contributed by atoms with Gasteiger partial charge in [0.15, 0.2) is 0 Å². The Kier molecular flexibility index (Phi) is 6.04. The van der Waals surface area contributed by atoms with Crippen molar-refractivity contribution in [3.8, 4) is 0 Å². The first-order valence-electron chi connectivity index (χ1n) is 6.54. The molecule has 5 nitrogen and oxygen atoms in total. The van der Waals surface area contributed by atoms with Crippen LogP contribution in [0.4, 0.5) is 11.4 Å². The Balaban J connectivity index is 2.34. The zero-order valence-electron chi connectivity index (χ0n) is 12.0. The third-order valence-electron chi connectivity index (χ3n) is 2.84. The molecule has 0 saturated carbocycles. The number of halogens is 2. The van der Waals surface area contributed by atoms with Crippen molar-refractivity contribution < 1.29 is 9.72 Å². The molecular formula is C15H12BrClN2O3S. The predicted octanol–water partition coefficient (Wildman–Crippen LogP) is 5.12. The van der Waals surface area contributed by atoms with Crippen LogP contribution in [-0.4, -0.2) is 15.7 Å². The second-order valence-corrected chi connectivity index (χ2v) is 7.47. The molecular weight excluding hydrogens is 404 g/mol. The minimum absolute atomic E-state index is 0.0718. The lowest BCUT2D eigenvalue weighted by molar-refractivity contribution is -0.387. The SMILES string of the molecule is C[C@@H](Br)C(=O)Nc1ccccc1Sc1ccc(Cl)cc1[N+](=O)[O-]. The van der Waals surface area contributed by atoms with Crippen LogP contribution in [0.1, 0.15) is 6.92 Å². The van der Waals surface area contributed by atoms with Crippen molar-refractivity contribution >= 4 is 56.6 Å². The van der Waals surface area contributed by atoms with Gasteiger partial charge in [0.1, 0.15) is 0 Å². The quantitative estimate of drug-likeness (QED) is 0.418. The Labute approximate surface area is 150 Å². The number of carbonyl (C=O) groups excluding carboxylic acids is 1. The molecule has 0 heterocycles. The van der Waals surface area contributed by atoms with E-state index in [9.17, 15) is 14.9 Å². The van der Waals surface area contributed by atoms with Crippen LogP contribution in [0.25, 0.3) is 0 Å². The summed E-state index contributed by atoms with van der Waals surface area (Å²) >= 11 is 10.2. The van der Waals surface area contributed by atoms with Gasteiger partial charge in [0.05, 0.1) is 20.3 Å². The van der Waals surface area contributed by atoms with E-state index < -0.39 is 4.92 Å². The summed E-state index contributed by atoms with van der Waals surface area (Å²) in [6.45, 7) is 1.72. The zero-order valence-corrected chi connectivity index (χ0v) is 15.1. The number of alkyl halides is 1. The highest BCUT2D eigenvalue weighted by Crippen LogP contribution is 2.39. The van der Waals surface area contributed by atoms with Gasteiger partial charge in [-0.15, -0.1) is 0 Å². The molecule has 0 aliphatic carbocycles. The van der Waals surface area contributed by atoms with Crippen molar-refractivity contribution in [3.05, 3.63) is 57.6 Å². The molecule has 0 spiro atoms. The summed E-state index contributed by atoms with van der Waals surface area (Å²) in [7, 11) is 0. The lowest BCUT2D eigenvalue weighted by atomic mass is 10.3.